The molecule has 1 aliphatic heterocycles. The zero-order chi connectivity index (χ0) is 12.0. The van der Waals surface area contributed by atoms with Crippen molar-refractivity contribution in [3.63, 3.8) is 0 Å². The Morgan fingerprint density at radius 2 is 2.06 bits per heavy atom. The first-order valence-corrected chi connectivity index (χ1v) is 6.21. The third kappa shape index (κ3) is 4.37. The predicted octanol–water partition coefficient (Wildman–Crippen LogP) is 0.314. The van der Waals surface area contributed by atoms with Gasteiger partial charge in [0.2, 0.25) is 0 Å². The number of piperidine rings is 1. The quantitative estimate of drug-likeness (QED) is 0.689. The summed E-state index contributed by atoms with van der Waals surface area (Å²) in [5.74, 6) is 0.724. The Hall–Kier alpha value is -0.160. The van der Waals surface area contributed by atoms with E-state index in [0.717, 1.165) is 5.92 Å². The second-order valence-electron chi connectivity index (χ2n) is 4.93. The van der Waals surface area contributed by atoms with Crippen LogP contribution in [0, 0.1) is 5.92 Å². The van der Waals surface area contributed by atoms with E-state index in [9.17, 15) is 5.11 Å². The van der Waals surface area contributed by atoms with Crippen molar-refractivity contribution in [2.75, 3.05) is 40.5 Å². The smallest absolute Gasteiger partial charge is 0.0638 e. The summed E-state index contributed by atoms with van der Waals surface area (Å²) in [5.41, 5.74) is 0. The van der Waals surface area contributed by atoms with Gasteiger partial charge in [-0.1, -0.05) is 0 Å². The molecule has 0 aromatic heterocycles. The molecular weight excluding hydrogens is 204 g/mol. The van der Waals surface area contributed by atoms with Gasteiger partial charge >= 0.3 is 0 Å². The van der Waals surface area contributed by atoms with Gasteiger partial charge in [-0.15, -0.1) is 0 Å². The summed E-state index contributed by atoms with van der Waals surface area (Å²) in [6, 6.07) is 0.528. The summed E-state index contributed by atoms with van der Waals surface area (Å²) in [6.45, 7) is 5.31. The second kappa shape index (κ2) is 7.22. The van der Waals surface area contributed by atoms with E-state index in [1.807, 2.05) is 0 Å². The topological polar surface area (TPSA) is 44.7 Å². The molecule has 4 heteroatoms. The van der Waals surface area contributed by atoms with Crippen LogP contribution in [0.5, 0.6) is 0 Å². The summed E-state index contributed by atoms with van der Waals surface area (Å²) in [6.07, 6.45) is 2.49. The van der Waals surface area contributed by atoms with Crippen LogP contribution in [0.2, 0.25) is 0 Å². The fraction of sp³-hybridized carbons (Fsp3) is 1.00. The zero-order valence-corrected chi connectivity index (χ0v) is 10.8. The highest BCUT2D eigenvalue weighted by atomic mass is 16.5. The molecule has 4 nitrogen and oxygen atoms in total. The molecule has 1 rings (SSSR count). The van der Waals surface area contributed by atoms with Crippen molar-refractivity contribution in [1.29, 1.82) is 0 Å². The molecule has 16 heavy (non-hydrogen) atoms. The first-order valence-electron chi connectivity index (χ1n) is 6.21. The maximum atomic E-state index is 9.20. The lowest BCUT2D eigenvalue weighted by Crippen LogP contribution is -2.47. The fourth-order valence-corrected chi connectivity index (χ4v) is 2.39. The molecule has 0 aromatic carbocycles. The average molecular weight is 230 g/mol. The number of rotatable bonds is 6. The van der Waals surface area contributed by atoms with E-state index in [0.29, 0.717) is 12.6 Å². The van der Waals surface area contributed by atoms with Crippen molar-refractivity contribution in [3.8, 4) is 0 Å². The summed E-state index contributed by atoms with van der Waals surface area (Å²) in [7, 11) is 3.85. The first kappa shape index (κ1) is 13.9. The molecule has 0 radical (unpaired) electrons. The van der Waals surface area contributed by atoms with Crippen molar-refractivity contribution in [1.82, 2.24) is 10.2 Å². The van der Waals surface area contributed by atoms with Crippen LogP contribution in [0.25, 0.3) is 0 Å². The van der Waals surface area contributed by atoms with Gasteiger partial charge in [0.15, 0.2) is 0 Å². The van der Waals surface area contributed by atoms with Crippen LogP contribution < -0.4 is 5.32 Å². The van der Waals surface area contributed by atoms with Gasteiger partial charge in [-0.2, -0.15) is 0 Å². The van der Waals surface area contributed by atoms with Gasteiger partial charge in [0.1, 0.15) is 0 Å². The molecule has 2 atom stereocenters. The van der Waals surface area contributed by atoms with Gasteiger partial charge in [-0.25, -0.2) is 0 Å². The summed E-state index contributed by atoms with van der Waals surface area (Å²) in [4.78, 5) is 2.38. The third-order valence-corrected chi connectivity index (χ3v) is 3.56. The van der Waals surface area contributed by atoms with Crippen LogP contribution in [0.15, 0.2) is 0 Å². The number of hydrogen-bond donors (Lipinski definition) is 2. The molecular formula is C12H26N2O2. The number of aliphatic hydroxyl groups is 1. The molecule has 2 unspecified atom stereocenters. The molecule has 96 valence electrons. The van der Waals surface area contributed by atoms with E-state index in [1.54, 1.807) is 7.11 Å². The Morgan fingerprint density at radius 1 is 1.44 bits per heavy atom. The molecule has 0 saturated carbocycles. The summed E-state index contributed by atoms with van der Waals surface area (Å²) < 4.78 is 5.07. The molecule has 1 saturated heterocycles. The Morgan fingerprint density at radius 3 is 2.56 bits per heavy atom. The molecule has 2 N–H and O–H groups in total. The Labute approximate surface area is 99.0 Å². The second-order valence-corrected chi connectivity index (χ2v) is 4.93. The normalized spacial score (nSPS) is 23.2. The van der Waals surface area contributed by atoms with E-state index in [2.05, 4.69) is 24.2 Å². The predicted molar refractivity (Wildman–Crippen MR) is 65.6 cm³/mol. The largest absolute Gasteiger partial charge is 0.395 e. The number of methoxy groups -OCH3 is 1. The minimum atomic E-state index is 0.0691. The van der Waals surface area contributed by atoms with Crippen molar-refractivity contribution in [3.05, 3.63) is 0 Å². The molecule has 0 aromatic rings. The maximum Gasteiger partial charge on any atom is 0.0638 e. The van der Waals surface area contributed by atoms with Crippen LogP contribution >= 0.6 is 0 Å². The molecule has 0 amide bonds. The lowest BCUT2D eigenvalue weighted by atomic mass is 9.90. The van der Waals surface area contributed by atoms with Gasteiger partial charge in [0.05, 0.1) is 19.3 Å². The van der Waals surface area contributed by atoms with E-state index in [4.69, 9.17) is 4.74 Å². The van der Waals surface area contributed by atoms with Crippen molar-refractivity contribution in [2.24, 2.45) is 5.92 Å². The van der Waals surface area contributed by atoms with E-state index in [1.165, 1.54) is 25.9 Å². The Kier molecular flexibility index (Phi) is 6.28. The van der Waals surface area contributed by atoms with Crippen LogP contribution in [0.1, 0.15) is 19.8 Å². The van der Waals surface area contributed by atoms with Crippen LogP contribution in [-0.2, 0) is 4.74 Å². The minimum Gasteiger partial charge on any atom is -0.395 e. The van der Waals surface area contributed by atoms with Crippen LogP contribution in [0.4, 0.5) is 0 Å². The van der Waals surface area contributed by atoms with Crippen molar-refractivity contribution in [2.45, 2.75) is 31.8 Å². The van der Waals surface area contributed by atoms with Gasteiger partial charge in [0, 0.05) is 13.2 Å². The Bertz CT molecular complexity index is 182. The van der Waals surface area contributed by atoms with Crippen LogP contribution in [-0.4, -0.2) is 62.6 Å². The number of ether oxygens (including phenoxy) is 1. The van der Waals surface area contributed by atoms with Crippen molar-refractivity contribution < 1.29 is 9.84 Å². The SMILES string of the molecule is COCC(CO)NC(C)C1CCN(C)CC1. The van der Waals surface area contributed by atoms with E-state index < -0.39 is 0 Å². The van der Waals surface area contributed by atoms with Gasteiger partial charge in [-0.05, 0) is 45.8 Å². The lowest BCUT2D eigenvalue weighted by Gasteiger charge is -2.34. The Balaban J connectivity index is 2.30. The number of likely N-dealkylation sites (tertiary alicyclic amines) is 1. The molecule has 1 aliphatic rings. The summed E-state index contributed by atoms with van der Waals surface area (Å²) in [5, 5.41) is 12.7. The molecule has 0 spiro atoms. The third-order valence-electron chi connectivity index (χ3n) is 3.56. The number of aliphatic hydroxyl groups excluding tert-OH is 1. The highest BCUT2D eigenvalue weighted by Crippen LogP contribution is 2.19. The maximum absolute atomic E-state index is 9.20. The minimum absolute atomic E-state index is 0.0691. The van der Waals surface area contributed by atoms with E-state index >= 15 is 0 Å². The number of nitrogens with one attached hydrogen (secondary N) is 1. The van der Waals surface area contributed by atoms with Gasteiger partial charge < -0.3 is 20.1 Å². The zero-order valence-electron chi connectivity index (χ0n) is 10.8. The van der Waals surface area contributed by atoms with E-state index in [-0.39, 0.29) is 12.6 Å². The number of nitrogens with zero attached hydrogens (tertiary/aromatic N) is 1. The highest BCUT2D eigenvalue weighted by molar-refractivity contribution is 4.81. The standard InChI is InChI=1S/C12H26N2O2/c1-10(13-12(8-15)9-16-3)11-4-6-14(2)7-5-11/h10-13,15H,4-9H2,1-3H3. The van der Waals surface area contributed by atoms with Crippen molar-refractivity contribution >= 4 is 0 Å². The molecule has 1 fully saturated rings. The number of hydrogen-bond acceptors (Lipinski definition) is 4. The van der Waals surface area contributed by atoms with Gasteiger partial charge in [0.25, 0.3) is 0 Å². The summed E-state index contributed by atoms with van der Waals surface area (Å²) >= 11 is 0. The highest BCUT2D eigenvalue weighted by Gasteiger charge is 2.23. The molecule has 0 bridgehead atoms. The fourth-order valence-electron chi connectivity index (χ4n) is 2.39. The van der Waals surface area contributed by atoms with Crippen LogP contribution in [0.3, 0.4) is 0 Å². The van der Waals surface area contributed by atoms with Gasteiger partial charge in [-0.3, -0.25) is 0 Å². The monoisotopic (exact) mass is 230 g/mol. The molecule has 1 heterocycles. The lowest BCUT2D eigenvalue weighted by molar-refractivity contribution is 0.109. The molecule has 0 aliphatic carbocycles. The average Bonchev–Trinajstić information content (AvgIpc) is 2.29. The first-order chi connectivity index (χ1) is 7.67.